The number of benzene rings is 2. The van der Waals surface area contributed by atoms with Gasteiger partial charge in [-0.2, -0.15) is 0 Å². The monoisotopic (exact) mass is 464 g/mol. The molecule has 0 aromatic heterocycles. The van der Waals surface area contributed by atoms with Gasteiger partial charge < -0.3 is 4.74 Å². The van der Waals surface area contributed by atoms with Crippen LogP contribution in [0.3, 0.4) is 0 Å². The van der Waals surface area contributed by atoms with Gasteiger partial charge in [-0.05, 0) is 43.3 Å². The predicted octanol–water partition coefficient (Wildman–Crippen LogP) is 5.59. The lowest BCUT2D eigenvalue weighted by atomic mass is 10.3. The molecule has 4 nitrogen and oxygen atoms in total. The minimum atomic E-state index is -3.32. The van der Waals surface area contributed by atoms with Crippen molar-refractivity contribution in [2.24, 2.45) is 0 Å². The van der Waals surface area contributed by atoms with E-state index in [1.165, 1.54) is 29.6 Å². The Morgan fingerprint density at radius 1 is 1.04 bits per heavy atom. The summed E-state index contributed by atoms with van der Waals surface area (Å²) in [5.41, 5.74) is 0. The quantitative estimate of drug-likeness (QED) is 0.374. The third kappa shape index (κ3) is 6.32. The van der Waals surface area contributed by atoms with Gasteiger partial charge in [0.1, 0.15) is 0 Å². The molecule has 0 amide bonds. The minimum Gasteiger partial charge on any atom is -0.465 e. The summed E-state index contributed by atoms with van der Waals surface area (Å²) in [6, 6.07) is 10.0. The molecule has 2 aromatic carbocycles. The Hall–Kier alpha value is -0.860. The Kier molecular flexibility index (Phi) is 8.37. The van der Waals surface area contributed by atoms with Gasteiger partial charge >= 0.3 is 5.97 Å². The van der Waals surface area contributed by atoms with Crippen LogP contribution in [0.4, 0.5) is 0 Å². The lowest BCUT2D eigenvalue weighted by Gasteiger charge is -2.11. The van der Waals surface area contributed by atoms with E-state index >= 15 is 0 Å². The van der Waals surface area contributed by atoms with E-state index in [2.05, 4.69) is 0 Å². The maximum atomic E-state index is 12.0. The molecule has 0 radical (unpaired) electrons. The Balaban J connectivity index is 2.26. The van der Waals surface area contributed by atoms with Gasteiger partial charge in [-0.1, -0.05) is 41.9 Å². The molecule has 0 bridgehead atoms. The van der Waals surface area contributed by atoms with E-state index in [9.17, 15) is 13.2 Å². The molecule has 146 valence electrons. The number of ether oxygens (including phenoxy) is 1. The minimum absolute atomic E-state index is 0.0127. The van der Waals surface area contributed by atoms with Crippen LogP contribution in [0.25, 0.3) is 0 Å². The number of halogens is 2. The van der Waals surface area contributed by atoms with Crippen molar-refractivity contribution in [3.63, 3.8) is 0 Å². The van der Waals surface area contributed by atoms with Crippen molar-refractivity contribution in [1.82, 2.24) is 0 Å². The van der Waals surface area contributed by atoms with Crippen LogP contribution < -0.4 is 0 Å². The van der Waals surface area contributed by atoms with Gasteiger partial charge in [-0.15, -0.1) is 11.8 Å². The number of hydrogen-bond acceptors (Lipinski definition) is 6. The Morgan fingerprint density at radius 3 is 2.37 bits per heavy atom. The number of esters is 1. The molecule has 27 heavy (non-hydrogen) atoms. The van der Waals surface area contributed by atoms with E-state index in [1.54, 1.807) is 38.1 Å². The third-order valence-corrected chi connectivity index (χ3v) is 8.12. The molecule has 2 aromatic rings. The van der Waals surface area contributed by atoms with Crippen LogP contribution in [-0.4, -0.2) is 32.5 Å². The molecule has 0 aliphatic rings. The first-order valence-corrected chi connectivity index (χ1v) is 12.3. The highest BCUT2D eigenvalue weighted by Crippen LogP contribution is 2.40. The van der Waals surface area contributed by atoms with Crippen LogP contribution in [0, 0.1) is 0 Å². The van der Waals surface area contributed by atoms with Crippen molar-refractivity contribution in [2.75, 3.05) is 18.1 Å². The number of hydrogen-bond donors (Lipinski definition) is 0. The molecule has 0 unspecified atom stereocenters. The first-order valence-electron chi connectivity index (χ1n) is 8.05. The van der Waals surface area contributed by atoms with Gasteiger partial charge in [0.2, 0.25) is 0 Å². The number of carbonyl (C=O) groups excluding carboxylic acids is 1. The molecule has 0 spiro atoms. The van der Waals surface area contributed by atoms with Gasteiger partial charge in [-0.3, -0.25) is 4.79 Å². The van der Waals surface area contributed by atoms with Gasteiger partial charge in [0, 0.05) is 19.7 Å². The van der Waals surface area contributed by atoms with E-state index in [-0.39, 0.29) is 22.4 Å². The maximum Gasteiger partial charge on any atom is 0.316 e. The second-order valence-corrected chi connectivity index (χ2v) is 10.5. The molecule has 0 heterocycles. The first kappa shape index (κ1) is 22.4. The summed E-state index contributed by atoms with van der Waals surface area (Å²) in [5.74, 6) is -0.0935. The van der Waals surface area contributed by atoms with Crippen molar-refractivity contribution in [3.8, 4) is 0 Å². The topological polar surface area (TPSA) is 60.4 Å². The molecule has 0 fully saturated rings. The number of rotatable bonds is 8. The average Bonchev–Trinajstić information content (AvgIpc) is 2.63. The lowest BCUT2D eigenvalue weighted by Crippen LogP contribution is -2.06. The Labute approximate surface area is 177 Å². The number of thioether (sulfide) groups is 1. The molecular formula is C18H18Cl2O4S3. The van der Waals surface area contributed by atoms with E-state index in [0.29, 0.717) is 21.5 Å². The fourth-order valence-corrected chi connectivity index (χ4v) is 5.47. The maximum absolute atomic E-state index is 12.0. The Morgan fingerprint density at radius 2 is 1.74 bits per heavy atom. The van der Waals surface area contributed by atoms with Crippen molar-refractivity contribution >= 4 is 62.5 Å². The van der Waals surface area contributed by atoms with Gasteiger partial charge in [0.15, 0.2) is 9.84 Å². The summed E-state index contributed by atoms with van der Waals surface area (Å²) in [7, 11) is -3.32. The molecule has 0 saturated heterocycles. The highest BCUT2D eigenvalue weighted by atomic mass is 35.5. The van der Waals surface area contributed by atoms with Crippen LogP contribution in [0.15, 0.2) is 56.0 Å². The molecule has 9 heteroatoms. The first-order chi connectivity index (χ1) is 12.8. The van der Waals surface area contributed by atoms with Gasteiger partial charge in [0.25, 0.3) is 0 Å². The smallest absolute Gasteiger partial charge is 0.316 e. The van der Waals surface area contributed by atoms with E-state index < -0.39 is 9.84 Å². The normalized spacial score (nSPS) is 11.4. The average molecular weight is 465 g/mol. The highest BCUT2D eigenvalue weighted by Gasteiger charge is 2.15. The summed E-state index contributed by atoms with van der Waals surface area (Å²) in [6.45, 7) is 3.69. The van der Waals surface area contributed by atoms with Crippen molar-refractivity contribution in [2.45, 2.75) is 33.4 Å². The van der Waals surface area contributed by atoms with Crippen LogP contribution in [0.1, 0.15) is 13.8 Å². The van der Waals surface area contributed by atoms with Gasteiger partial charge in [-0.25, -0.2) is 8.42 Å². The van der Waals surface area contributed by atoms with E-state index in [1.807, 2.05) is 6.07 Å². The van der Waals surface area contributed by atoms with Crippen LogP contribution >= 0.6 is 46.7 Å². The summed E-state index contributed by atoms with van der Waals surface area (Å²) in [5, 5.41) is 0.898. The zero-order valence-corrected chi connectivity index (χ0v) is 18.7. The SMILES string of the molecule is CCOC(=O)CSc1ccc(Cl)cc1Sc1ccc(S(=O)(=O)CC)cc1Cl. The number of carbonyl (C=O) groups is 1. The highest BCUT2D eigenvalue weighted by molar-refractivity contribution is 8.02. The predicted molar refractivity (Wildman–Crippen MR) is 112 cm³/mol. The summed E-state index contributed by atoms with van der Waals surface area (Å²) in [4.78, 5) is 14.2. The van der Waals surface area contributed by atoms with Crippen LogP contribution in [0.5, 0.6) is 0 Å². The molecule has 0 aliphatic heterocycles. The van der Waals surface area contributed by atoms with Crippen LogP contribution in [0.2, 0.25) is 10.0 Å². The molecular weight excluding hydrogens is 447 g/mol. The summed E-state index contributed by atoms with van der Waals surface area (Å²) < 4.78 is 28.9. The van der Waals surface area contributed by atoms with E-state index in [0.717, 1.165) is 9.79 Å². The third-order valence-electron chi connectivity index (χ3n) is 3.42. The van der Waals surface area contributed by atoms with Crippen LogP contribution in [-0.2, 0) is 19.4 Å². The summed E-state index contributed by atoms with van der Waals surface area (Å²) >= 11 is 15.1. The lowest BCUT2D eigenvalue weighted by molar-refractivity contribution is -0.139. The van der Waals surface area contributed by atoms with Crippen molar-refractivity contribution in [1.29, 1.82) is 0 Å². The molecule has 0 N–H and O–H groups in total. The molecule has 0 aliphatic carbocycles. The fourth-order valence-electron chi connectivity index (χ4n) is 2.06. The standard InChI is InChI=1S/C18H18Cl2O4S3/c1-3-24-18(21)11-25-16-7-5-12(19)9-17(16)26-15-8-6-13(10-14(15)20)27(22,23)4-2/h5-10H,3-4,11H2,1-2H3. The second kappa shape index (κ2) is 10.1. The van der Waals surface area contributed by atoms with E-state index in [4.69, 9.17) is 27.9 Å². The fraction of sp³-hybridized carbons (Fsp3) is 0.278. The molecule has 2 rings (SSSR count). The van der Waals surface area contributed by atoms with Gasteiger partial charge in [0.05, 0.1) is 28.0 Å². The second-order valence-electron chi connectivity index (χ2n) is 5.28. The number of sulfone groups is 1. The molecule has 0 atom stereocenters. The largest absolute Gasteiger partial charge is 0.465 e. The summed E-state index contributed by atoms with van der Waals surface area (Å²) in [6.07, 6.45) is 0. The zero-order chi connectivity index (χ0) is 20.0. The molecule has 0 saturated carbocycles. The van der Waals surface area contributed by atoms with Crippen molar-refractivity contribution < 1.29 is 17.9 Å². The Bertz CT molecular complexity index is 930. The zero-order valence-electron chi connectivity index (χ0n) is 14.7. The van der Waals surface area contributed by atoms with Crippen molar-refractivity contribution in [3.05, 3.63) is 46.4 Å².